The zero-order valence-corrected chi connectivity index (χ0v) is 17.7. The van der Waals surface area contributed by atoms with E-state index in [4.69, 9.17) is 0 Å². The molecule has 0 aliphatic carbocycles. The first-order chi connectivity index (χ1) is 14.7. The Bertz CT molecular complexity index is 930. The Morgan fingerprint density at radius 3 is 2.03 bits per heavy atom. The Morgan fingerprint density at radius 2 is 1.43 bits per heavy atom. The number of hydrogen-bond acceptors (Lipinski definition) is 2. The smallest absolute Gasteiger partial charge is 0.258 e. The summed E-state index contributed by atoms with van der Waals surface area (Å²) in [5.41, 5.74) is 4.40. The minimum atomic E-state index is 0.0985. The molecule has 3 heteroatoms. The maximum atomic E-state index is 13.5. The van der Waals surface area contributed by atoms with Crippen molar-refractivity contribution in [2.24, 2.45) is 0 Å². The number of amides is 1. The standard InChI is InChI=1S/C27H30N2O/c1-2-22-13-15-25(16-14-22)29(27(30)24-11-7-4-8-12-24)26-17-19-28(20-18-26)21-23-9-5-3-6-10-23/h3-16,26H,2,17-21H2,1H3. The van der Waals surface area contributed by atoms with E-state index in [-0.39, 0.29) is 11.9 Å². The summed E-state index contributed by atoms with van der Waals surface area (Å²) >= 11 is 0. The minimum Gasteiger partial charge on any atom is -0.305 e. The van der Waals surface area contributed by atoms with E-state index in [9.17, 15) is 4.79 Å². The molecule has 0 unspecified atom stereocenters. The van der Waals surface area contributed by atoms with Crippen molar-refractivity contribution >= 4 is 11.6 Å². The molecule has 4 rings (SSSR count). The first-order valence-corrected chi connectivity index (χ1v) is 11.0. The summed E-state index contributed by atoms with van der Waals surface area (Å²) in [5.74, 6) is 0.0985. The molecule has 0 spiro atoms. The van der Waals surface area contributed by atoms with Gasteiger partial charge in [-0.05, 0) is 54.7 Å². The average molecular weight is 399 g/mol. The van der Waals surface area contributed by atoms with Gasteiger partial charge in [-0.25, -0.2) is 0 Å². The van der Waals surface area contributed by atoms with Gasteiger partial charge in [-0.15, -0.1) is 0 Å². The van der Waals surface area contributed by atoms with Gasteiger partial charge in [-0.3, -0.25) is 9.69 Å². The van der Waals surface area contributed by atoms with E-state index in [1.165, 1.54) is 11.1 Å². The van der Waals surface area contributed by atoms with E-state index in [0.717, 1.165) is 50.1 Å². The molecule has 30 heavy (non-hydrogen) atoms. The van der Waals surface area contributed by atoms with Gasteiger partial charge in [0.15, 0.2) is 0 Å². The van der Waals surface area contributed by atoms with Crippen LogP contribution in [0.3, 0.4) is 0 Å². The molecule has 1 saturated heterocycles. The van der Waals surface area contributed by atoms with Crippen LogP contribution in [0.4, 0.5) is 5.69 Å². The van der Waals surface area contributed by atoms with E-state index in [0.29, 0.717) is 0 Å². The van der Waals surface area contributed by atoms with Crippen LogP contribution in [0.25, 0.3) is 0 Å². The van der Waals surface area contributed by atoms with E-state index in [1.807, 2.05) is 35.2 Å². The molecule has 0 aromatic heterocycles. The van der Waals surface area contributed by atoms with Crippen LogP contribution in [-0.4, -0.2) is 29.9 Å². The highest BCUT2D eigenvalue weighted by atomic mass is 16.2. The van der Waals surface area contributed by atoms with Gasteiger partial charge in [0.1, 0.15) is 0 Å². The molecule has 3 nitrogen and oxygen atoms in total. The predicted octanol–water partition coefficient (Wildman–Crippen LogP) is 5.56. The summed E-state index contributed by atoms with van der Waals surface area (Å²) in [6.45, 7) is 5.14. The summed E-state index contributed by atoms with van der Waals surface area (Å²) in [6, 6.07) is 29.0. The fourth-order valence-corrected chi connectivity index (χ4v) is 4.28. The van der Waals surface area contributed by atoms with Crippen LogP contribution >= 0.6 is 0 Å². The molecule has 1 aliphatic heterocycles. The molecule has 1 aliphatic rings. The molecular formula is C27H30N2O. The number of carbonyl (C=O) groups is 1. The van der Waals surface area contributed by atoms with E-state index < -0.39 is 0 Å². The van der Waals surface area contributed by atoms with Gasteiger partial charge in [0.2, 0.25) is 0 Å². The first kappa shape index (κ1) is 20.4. The van der Waals surface area contributed by atoms with Gasteiger partial charge in [-0.1, -0.05) is 67.6 Å². The third-order valence-corrected chi connectivity index (χ3v) is 6.03. The summed E-state index contributed by atoms with van der Waals surface area (Å²) < 4.78 is 0. The molecule has 3 aromatic rings. The zero-order chi connectivity index (χ0) is 20.8. The number of nitrogens with zero attached hydrogens (tertiary/aromatic N) is 2. The molecule has 0 atom stereocenters. The van der Waals surface area contributed by atoms with Crippen molar-refractivity contribution in [2.75, 3.05) is 18.0 Å². The lowest BCUT2D eigenvalue weighted by Crippen LogP contribution is -2.47. The van der Waals surface area contributed by atoms with Crippen LogP contribution in [0.2, 0.25) is 0 Å². The molecule has 0 bridgehead atoms. The fourth-order valence-electron chi connectivity index (χ4n) is 4.28. The fraction of sp³-hybridized carbons (Fsp3) is 0.296. The van der Waals surface area contributed by atoms with E-state index in [1.54, 1.807) is 0 Å². The SMILES string of the molecule is CCc1ccc(N(C(=O)c2ccccc2)C2CCN(Cc3ccccc3)CC2)cc1. The Labute approximate surface area is 180 Å². The van der Waals surface area contributed by atoms with Crippen molar-refractivity contribution in [1.82, 2.24) is 4.90 Å². The molecule has 0 saturated carbocycles. The van der Waals surface area contributed by atoms with Crippen LogP contribution in [0, 0.1) is 0 Å². The van der Waals surface area contributed by atoms with Gasteiger partial charge >= 0.3 is 0 Å². The third-order valence-electron chi connectivity index (χ3n) is 6.03. The second kappa shape index (κ2) is 9.73. The molecule has 0 radical (unpaired) electrons. The maximum Gasteiger partial charge on any atom is 0.258 e. The summed E-state index contributed by atoms with van der Waals surface area (Å²) in [5, 5.41) is 0. The lowest BCUT2D eigenvalue weighted by atomic mass is 9.99. The summed E-state index contributed by atoms with van der Waals surface area (Å²) in [4.78, 5) is 18.0. The molecule has 3 aromatic carbocycles. The van der Waals surface area contributed by atoms with Crippen molar-refractivity contribution < 1.29 is 4.79 Å². The number of carbonyl (C=O) groups excluding carboxylic acids is 1. The Hall–Kier alpha value is -2.91. The molecule has 1 fully saturated rings. The maximum absolute atomic E-state index is 13.5. The van der Waals surface area contributed by atoms with Crippen LogP contribution in [0.15, 0.2) is 84.9 Å². The van der Waals surface area contributed by atoms with Crippen molar-refractivity contribution in [2.45, 2.75) is 38.8 Å². The quantitative estimate of drug-likeness (QED) is 0.543. The largest absolute Gasteiger partial charge is 0.305 e. The van der Waals surface area contributed by atoms with Crippen molar-refractivity contribution in [3.63, 3.8) is 0 Å². The number of aryl methyl sites for hydroxylation is 1. The van der Waals surface area contributed by atoms with Gasteiger partial charge in [0, 0.05) is 36.9 Å². The second-order valence-electron chi connectivity index (χ2n) is 8.05. The number of piperidine rings is 1. The number of hydrogen-bond donors (Lipinski definition) is 0. The number of benzene rings is 3. The first-order valence-electron chi connectivity index (χ1n) is 11.0. The van der Waals surface area contributed by atoms with Gasteiger partial charge in [-0.2, -0.15) is 0 Å². The van der Waals surface area contributed by atoms with Gasteiger partial charge in [0.25, 0.3) is 5.91 Å². The highest BCUT2D eigenvalue weighted by molar-refractivity contribution is 6.06. The van der Waals surface area contributed by atoms with E-state index in [2.05, 4.69) is 66.4 Å². The van der Waals surface area contributed by atoms with Crippen LogP contribution in [0.1, 0.15) is 41.3 Å². The van der Waals surface area contributed by atoms with Crippen molar-refractivity contribution in [1.29, 1.82) is 0 Å². The van der Waals surface area contributed by atoms with Crippen LogP contribution in [-0.2, 0) is 13.0 Å². The number of anilines is 1. The van der Waals surface area contributed by atoms with Crippen LogP contribution < -0.4 is 4.90 Å². The summed E-state index contributed by atoms with van der Waals surface area (Å²) in [6.07, 6.45) is 2.98. The molecule has 154 valence electrons. The Balaban J connectivity index is 1.52. The predicted molar refractivity (Wildman–Crippen MR) is 124 cm³/mol. The highest BCUT2D eigenvalue weighted by Gasteiger charge is 2.29. The second-order valence-corrected chi connectivity index (χ2v) is 8.05. The highest BCUT2D eigenvalue weighted by Crippen LogP contribution is 2.27. The average Bonchev–Trinajstić information content (AvgIpc) is 2.82. The third kappa shape index (κ3) is 4.80. The summed E-state index contributed by atoms with van der Waals surface area (Å²) in [7, 11) is 0. The van der Waals surface area contributed by atoms with Crippen molar-refractivity contribution in [3.05, 3.63) is 102 Å². The lowest BCUT2D eigenvalue weighted by Gasteiger charge is -2.38. The van der Waals surface area contributed by atoms with E-state index >= 15 is 0 Å². The molecular weight excluding hydrogens is 368 g/mol. The Morgan fingerprint density at radius 1 is 0.833 bits per heavy atom. The Kier molecular flexibility index (Phi) is 6.60. The number of likely N-dealkylation sites (tertiary alicyclic amines) is 1. The normalized spacial score (nSPS) is 15.1. The molecule has 0 N–H and O–H groups in total. The zero-order valence-electron chi connectivity index (χ0n) is 17.7. The number of rotatable bonds is 6. The minimum absolute atomic E-state index is 0.0985. The topological polar surface area (TPSA) is 23.6 Å². The van der Waals surface area contributed by atoms with Crippen LogP contribution in [0.5, 0.6) is 0 Å². The lowest BCUT2D eigenvalue weighted by molar-refractivity contribution is 0.0958. The van der Waals surface area contributed by atoms with Gasteiger partial charge < -0.3 is 4.90 Å². The van der Waals surface area contributed by atoms with Gasteiger partial charge in [0.05, 0.1) is 0 Å². The monoisotopic (exact) mass is 398 g/mol. The molecule has 1 heterocycles. The molecule has 1 amide bonds. The van der Waals surface area contributed by atoms with Crippen molar-refractivity contribution in [3.8, 4) is 0 Å².